The normalized spacial score (nSPS) is 11.0. The first-order chi connectivity index (χ1) is 14.6. The van der Waals surface area contributed by atoms with Crippen molar-refractivity contribution in [3.05, 3.63) is 23.8 Å². The monoisotopic (exact) mass is 422 g/mol. The van der Waals surface area contributed by atoms with E-state index in [-0.39, 0.29) is 6.79 Å². The van der Waals surface area contributed by atoms with Gasteiger partial charge < -0.3 is 24.1 Å². The zero-order valence-corrected chi connectivity index (χ0v) is 18.8. The first-order valence-electron chi connectivity index (χ1n) is 11.0. The summed E-state index contributed by atoms with van der Waals surface area (Å²) in [5, 5.41) is 8.78. The number of ether oxygens (including phenoxy) is 4. The Morgan fingerprint density at radius 3 is 1.93 bits per heavy atom. The van der Waals surface area contributed by atoms with E-state index in [0.717, 1.165) is 12.5 Å². The molecule has 0 atom stereocenters. The lowest BCUT2D eigenvalue weighted by Gasteiger charge is -2.15. The maximum absolute atomic E-state index is 10.7. The molecular weight excluding hydrogens is 384 g/mol. The van der Waals surface area contributed by atoms with Gasteiger partial charge in [-0.3, -0.25) is 0 Å². The average molecular weight is 423 g/mol. The van der Waals surface area contributed by atoms with E-state index in [9.17, 15) is 4.79 Å². The summed E-state index contributed by atoms with van der Waals surface area (Å²) < 4.78 is 22.0. The highest BCUT2D eigenvalue weighted by atomic mass is 16.7. The third kappa shape index (κ3) is 11.1. The highest BCUT2D eigenvalue weighted by molar-refractivity contribution is 5.85. The van der Waals surface area contributed by atoms with Crippen LogP contribution in [0, 0.1) is 0 Å². The summed E-state index contributed by atoms with van der Waals surface area (Å²) in [5.41, 5.74) is 0.643. The Morgan fingerprint density at radius 1 is 0.900 bits per heavy atom. The summed E-state index contributed by atoms with van der Waals surface area (Å²) in [7, 11) is 3.05. The minimum atomic E-state index is -1.02. The van der Waals surface area contributed by atoms with Crippen LogP contribution in [0.1, 0.15) is 76.7 Å². The summed E-state index contributed by atoms with van der Waals surface area (Å²) in [5.74, 6) is 0.341. The molecule has 30 heavy (non-hydrogen) atoms. The summed E-state index contributed by atoms with van der Waals surface area (Å²) in [6.07, 6.45) is 15.4. The van der Waals surface area contributed by atoms with Crippen molar-refractivity contribution in [3.63, 3.8) is 0 Å². The van der Waals surface area contributed by atoms with Crippen LogP contribution >= 0.6 is 0 Å². The lowest BCUT2D eigenvalue weighted by atomic mass is 10.1. The summed E-state index contributed by atoms with van der Waals surface area (Å²) >= 11 is 0. The molecule has 170 valence electrons. The predicted octanol–water partition coefficient (Wildman–Crippen LogP) is 6.08. The Kier molecular flexibility index (Phi) is 14.3. The molecule has 0 amide bonds. The number of carboxylic acids is 1. The molecule has 0 bridgehead atoms. The van der Waals surface area contributed by atoms with Crippen molar-refractivity contribution < 1.29 is 28.8 Å². The van der Waals surface area contributed by atoms with Gasteiger partial charge >= 0.3 is 5.97 Å². The molecule has 6 heteroatoms. The van der Waals surface area contributed by atoms with Gasteiger partial charge in [-0.25, -0.2) is 4.79 Å². The van der Waals surface area contributed by atoms with Crippen LogP contribution in [0.25, 0.3) is 6.08 Å². The fourth-order valence-electron chi connectivity index (χ4n) is 3.16. The van der Waals surface area contributed by atoms with Crippen molar-refractivity contribution in [2.45, 2.75) is 71.1 Å². The highest BCUT2D eigenvalue weighted by Gasteiger charge is 2.13. The molecule has 0 fully saturated rings. The van der Waals surface area contributed by atoms with E-state index in [1.54, 1.807) is 12.1 Å². The zero-order chi connectivity index (χ0) is 22.0. The number of unbranched alkanes of at least 4 members (excludes halogenated alkanes) is 9. The molecule has 1 aromatic rings. The van der Waals surface area contributed by atoms with Crippen LogP contribution in [0.4, 0.5) is 0 Å². The van der Waals surface area contributed by atoms with E-state index < -0.39 is 5.97 Å². The first kappa shape index (κ1) is 25.8. The number of methoxy groups -OCH3 is 2. The van der Waals surface area contributed by atoms with E-state index in [1.165, 1.54) is 78.1 Å². The van der Waals surface area contributed by atoms with Crippen molar-refractivity contribution in [1.29, 1.82) is 0 Å². The lowest BCUT2D eigenvalue weighted by molar-refractivity contribution is -0.131. The van der Waals surface area contributed by atoms with E-state index in [1.807, 2.05) is 0 Å². The Bertz CT molecular complexity index is 601. The van der Waals surface area contributed by atoms with Crippen LogP contribution in [-0.4, -0.2) is 38.7 Å². The second-order valence-corrected chi connectivity index (χ2v) is 7.28. The zero-order valence-electron chi connectivity index (χ0n) is 18.8. The summed E-state index contributed by atoms with van der Waals surface area (Å²) in [4.78, 5) is 10.7. The number of rotatable bonds is 18. The second kappa shape index (κ2) is 16.6. The fraction of sp³-hybridized carbons (Fsp3) is 0.625. The Morgan fingerprint density at radius 2 is 1.43 bits per heavy atom. The quantitative estimate of drug-likeness (QED) is 0.176. The van der Waals surface area contributed by atoms with E-state index in [4.69, 9.17) is 24.1 Å². The largest absolute Gasteiger partial charge is 0.493 e. The number of carbonyl (C=O) groups is 1. The molecule has 0 saturated carbocycles. The average Bonchev–Trinajstić information content (AvgIpc) is 2.75. The van der Waals surface area contributed by atoms with Crippen LogP contribution in [0.5, 0.6) is 17.2 Å². The minimum absolute atomic E-state index is 0.106. The summed E-state index contributed by atoms with van der Waals surface area (Å²) in [6, 6.07) is 3.39. The van der Waals surface area contributed by atoms with Gasteiger partial charge in [-0.15, -0.1) is 0 Å². The Labute approximate surface area is 181 Å². The smallest absolute Gasteiger partial charge is 0.328 e. The van der Waals surface area contributed by atoms with Crippen LogP contribution in [0.2, 0.25) is 0 Å². The predicted molar refractivity (Wildman–Crippen MR) is 120 cm³/mol. The van der Waals surface area contributed by atoms with Crippen molar-refractivity contribution in [1.82, 2.24) is 0 Å². The maximum Gasteiger partial charge on any atom is 0.328 e. The van der Waals surface area contributed by atoms with E-state index >= 15 is 0 Å². The number of hydrogen-bond acceptors (Lipinski definition) is 5. The molecule has 0 aliphatic heterocycles. The fourth-order valence-corrected chi connectivity index (χ4v) is 3.16. The molecular formula is C24H38O6. The van der Waals surface area contributed by atoms with Gasteiger partial charge in [-0.1, -0.05) is 64.7 Å². The van der Waals surface area contributed by atoms with Gasteiger partial charge in [0.05, 0.1) is 20.8 Å². The maximum atomic E-state index is 10.7. The molecule has 0 aromatic heterocycles. The number of benzene rings is 1. The SMILES string of the molecule is CCCCCCCCCCCCOCOc1c(OC)cc(C=CC(=O)O)cc1OC. The van der Waals surface area contributed by atoms with Gasteiger partial charge in [-0.2, -0.15) is 0 Å². The second-order valence-electron chi connectivity index (χ2n) is 7.28. The van der Waals surface area contributed by atoms with Crippen molar-refractivity contribution in [3.8, 4) is 17.2 Å². The third-order valence-corrected chi connectivity index (χ3v) is 4.83. The van der Waals surface area contributed by atoms with Crippen molar-refractivity contribution in [2.75, 3.05) is 27.6 Å². The van der Waals surface area contributed by atoms with Gasteiger partial charge in [0.15, 0.2) is 18.3 Å². The van der Waals surface area contributed by atoms with Crippen LogP contribution < -0.4 is 14.2 Å². The number of carboxylic acid groups (broad SMARTS) is 1. The standard InChI is InChI=1S/C24H38O6/c1-4-5-6-7-8-9-10-11-12-13-16-29-19-30-24-21(27-2)17-20(14-15-23(25)26)18-22(24)28-3/h14-15,17-18H,4-13,16,19H2,1-3H3,(H,25,26). The van der Waals surface area contributed by atoms with Gasteiger partial charge in [-0.05, 0) is 30.2 Å². The Hall–Kier alpha value is -2.21. The molecule has 1 aromatic carbocycles. The third-order valence-electron chi connectivity index (χ3n) is 4.83. The molecule has 0 radical (unpaired) electrons. The van der Waals surface area contributed by atoms with Gasteiger partial charge in [0, 0.05) is 6.08 Å². The van der Waals surface area contributed by atoms with Gasteiger partial charge in [0.2, 0.25) is 5.75 Å². The molecule has 0 saturated heterocycles. The number of aliphatic carboxylic acids is 1. The topological polar surface area (TPSA) is 74.2 Å². The first-order valence-corrected chi connectivity index (χ1v) is 11.0. The van der Waals surface area contributed by atoms with Gasteiger partial charge in [0.25, 0.3) is 0 Å². The molecule has 0 spiro atoms. The number of hydrogen-bond donors (Lipinski definition) is 1. The molecule has 0 aliphatic carbocycles. The van der Waals surface area contributed by atoms with Crippen molar-refractivity contribution in [2.24, 2.45) is 0 Å². The van der Waals surface area contributed by atoms with Crippen LogP contribution in [0.3, 0.4) is 0 Å². The molecule has 1 rings (SSSR count). The molecule has 6 nitrogen and oxygen atoms in total. The molecule has 0 heterocycles. The van der Waals surface area contributed by atoms with Crippen LogP contribution in [0.15, 0.2) is 18.2 Å². The van der Waals surface area contributed by atoms with E-state index in [0.29, 0.717) is 29.4 Å². The lowest BCUT2D eigenvalue weighted by Crippen LogP contribution is -2.06. The van der Waals surface area contributed by atoms with E-state index in [2.05, 4.69) is 6.92 Å². The molecule has 1 N–H and O–H groups in total. The van der Waals surface area contributed by atoms with Crippen molar-refractivity contribution >= 4 is 12.0 Å². The minimum Gasteiger partial charge on any atom is -0.493 e. The van der Waals surface area contributed by atoms with Crippen LogP contribution in [-0.2, 0) is 9.53 Å². The summed E-state index contributed by atoms with van der Waals surface area (Å²) in [6.45, 7) is 3.01. The van der Waals surface area contributed by atoms with Gasteiger partial charge in [0.1, 0.15) is 0 Å². The Balaban J connectivity index is 2.28. The highest BCUT2D eigenvalue weighted by Crippen LogP contribution is 2.39. The molecule has 0 aliphatic rings. The molecule has 0 unspecified atom stereocenters.